The van der Waals surface area contributed by atoms with Crippen LogP contribution in [0.15, 0.2) is 4.99 Å². The molecule has 0 saturated heterocycles. The van der Waals surface area contributed by atoms with Gasteiger partial charge in [0.05, 0.1) is 12.9 Å². The van der Waals surface area contributed by atoms with Crippen molar-refractivity contribution in [3.05, 3.63) is 0 Å². The number of rotatable bonds is 0. The van der Waals surface area contributed by atoms with Gasteiger partial charge in [-0.15, -0.1) is 0 Å². The summed E-state index contributed by atoms with van der Waals surface area (Å²) in [6, 6.07) is 0. The monoisotopic (exact) mass is 117 g/mol. The summed E-state index contributed by atoms with van der Waals surface area (Å²) in [6.07, 6.45) is 2.69. The topological polar surface area (TPSA) is 15.6 Å². The van der Waals surface area contributed by atoms with Crippen LogP contribution in [-0.4, -0.2) is 30.3 Å². The first kappa shape index (κ1) is 5.06. The lowest BCUT2D eigenvalue weighted by atomic mass is 10.7. The van der Waals surface area contributed by atoms with E-state index in [1.807, 2.05) is 11.9 Å². The minimum atomic E-state index is -0.0972. The predicted molar refractivity (Wildman–Crippen MR) is 29.7 cm³/mol. The van der Waals surface area contributed by atoms with Gasteiger partial charge in [-0.2, -0.15) is 0 Å². The van der Waals surface area contributed by atoms with Crippen molar-refractivity contribution in [3.63, 3.8) is 0 Å². The first-order valence-electron chi connectivity index (χ1n) is 2.07. The third-order valence-corrected chi connectivity index (χ3v) is 1.31. The number of alkyl halides is 1. The number of halogens is 1. The second-order valence-electron chi connectivity index (χ2n) is 1.52. The Morgan fingerprint density at radius 3 is 2.86 bits per heavy atom. The normalized spacial score (nSPS) is 32.0. The Kier molecular flexibility index (Phi) is 1.30. The Hall–Kier alpha value is -0.0800. The minimum absolute atomic E-state index is 0.0972. The summed E-state index contributed by atoms with van der Waals surface area (Å²) in [5.74, 6) is 0. The Morgan fingerprint density at radius 2 is 2.71 bits per heavy atom. The Labute approximate surface area is 47.8 Å². The molecule has 0 aliphatic carbocycles. The molecule has 7 heavy (non-hydrogen) atoms. The highest BCUT2D eigenvalue weighted by atomic mass is 35.5. The van der Waals surface area contributed by atoms with Crippen LogP contribution in [0.2, 0.25) is 0 Å². The van der Waals surface area contributed by atoms with Gasteiger partial charge in [0.25, 0.3) is 0 Å². The molecule has 1 aliphatic heterocycles. The number of hydrogen-bond donors (Lipinski definition) is 0. The molecule has 39 valence electrons. The summed E-state index contributed by atoms with van der Waals surface area (Å²) in [7, 11) is 1.90. The molecule has 0 aromatic rings. The summed E-state index contributed by atoms with van der Waals surface area (Å²) < 4.78 is 0. The molecule has 1 rings (SSSR count). The molecule has 0 spiro atoms. The fourth-order valence-electron chi connectivity index (χ4n) is 0.398. The molecule has 3 heteroatoms. The SMILES string of the molecule is CN1CN=[C]C1Cl. The molecule has 0 aromatic heterocycles. The highest BCUT2D eigenvalue weighted by molar-refractivity contribution is 6.28. The maximum absolute atomic E-state index is 5.58. The van der Waals surface area contributed by atoms with Gasteiger partial charge in [-0.1, -0.05) is 11.6 Å². The van der Waals surface area contributed by atoms with E-state index in [-0.39, 0.29) is 5.50 Å². The van der Waals surface area contributed by atoms with Crippen molar-refractivity contribution in [3.8, 4) is 0 Å². The Morgan fingerprint density at radius 1 is 2.00 bits per heavy atom. The second-order valence-corrected chi connectivity index (χ2v) is 1.93. The molecule has 1 aliphatic rings. The maximum Gasteiger partial charge on any atom is 0.130 e. The standard InChI is InChI=1S/C4H6ClN2/c1-7-3-6-2-4(7)5/h4H,3H2,1H3. The fourth-order valence-corrected chi connectivity index (χ4v) is 0.529. The average molecular weight is 118 g/mol. The van der Waals surface area contributed by atoms with Crippen LogP contribution in [-0.2, 0) is 0 Å². The number of aliphatic imine (C=N–C) groups is 1. The molecule has 1 heterocycles. The van der Waals surface area contributed by atoms with Gasteiger partial charge in [-0.25, -0.2) is 0 Å². The quantitative estimate of drug-likeness (QED) is 0.331. The van der Waals surface area contributed by atoms with E-state index in [2.05, 4.69) is 11.2 Å². The van der Waals surface area contributed by atoms with E-state index in [0.29, 0.717) is 6.67 Å². The zero-order chi connectivity index (χ0) is 5.28. The van der Waals surface area contributed by atoms with Crippen LogP contribution in [0.25, 0.3) is 0 Å². The number of hydrogen-bond acceptors (Lipinski definition) is 2. The van der Waals surface area contributed by atoms with E-state index in [9.17, 15) is 0 Å². The van der Waals surface area contributed by atoms with Crippen LogP contribution >= 0.6 is 11.6 Å². The molecule has 1 radical (unpaired) electrons. The average Bonchev–Trinajstić information content (AvgIpc) is 1.91. The third-order valence-electron chi connectivity index (χ3n) is 0.879. The zero-order valence-corrected chi connectivity index (χ0v) is 4.81. The summed E-state index contributed by atoms with van der Waals surface area (Å²) in [6.45, 7) is 0.689. The lowest BCUT2D eigenvalue weighted by Gasteiger charge is -2.07. The zero-order valence-electron chi connectivity index (χ0n) is 4.06. The van der Waals surface area contributed by atoms with Gasteiger partial charge >= 0.3 is 0 Å². The van der Waals surface area contributed by atoms with Crippen molar-refractivity contribution >= 4 is 17.8 Å². The molecular formula is C4H6ClN2. The lowest BCUT2D eigenvalue weighted by Crippen LogP contribution is -2.21. The van der Waals surface area contributed by atoms with Gasteiger partial charge in [0.15, 0.2) is 0 Å². The molecule has 0 aromatic carbocycles. The van der Waals surface area contributed by atoms with Crippen LogP contribution in [0, 0.1) is 0 Å². The first-order chi connectivity index (χ1) is 3.30. The van der Waals surface area contributed by atoms with Crippen LogP contribution in [0.3, 0.4) is 0 Å². The molecule has 0 saturated carbocycles. The highest BCUT2D eigenvalue weighted by Crippen LogP contribution is 2.03. The van der Waals surface area contributed by atoms with Gasteiger partial charge in [0.2, 0.25) is 0 Å². The molecule has 1 unspecified atom stereocenters. The minimum Gasteiger partial charge on any atom is -0.269 e. The van der Waals surface area contributed by atoms with Gasteiger partial charge in [-0.3, -0.25) is 9.89 Å². The Balaban J connectivity index is 2.45. The molecule has 2 nitrogen and oxygen atoms in total. The predicted octanol–water partition coefficient (Wildman–Crippen LogP) is 0.402. The van der Waals surface area contributed by atoms with E-state index >= 15 is 0 Å². The summed E-state index contributed by atoms with van der Waals surface area (Å²) in [5.41, 5.74) is -0.0972. The second kappa shape index (κ2) is 1.80. The molecular weight excluding hydrogens is 112 g/mol. The van der Waals surface area contributed by atoms with E-state index in [0.717, 1.165) is 0 Å². The van der Waals surface area contributed by atoms with Crippen LogP contribution in [0.5, 0.6) is 0 Å². The largest absolute Gasteiger partial charge is 0.269 e. The van der Waals surface area contributed by atoms with E-state index < -0.39 is 0 Å². The first-order valence-corrected chi connectivity index (χ1v) is 2.50. The van der Waals surface area contributed by atoms with E-state index in [1.54, 1.807) is 0 Å². The van der Waals surface area contributed by atoms with Crippen LogP contribution in [0.1, 0.15) is 0 Å². The summed E-state index contributed by atoms with van der Waals surface area (Å²) in [5, 5.41) is 0. The van der Waals surface area contributed by atoms with Gasteiger partial charge in [-0.05, 0) is 7.05 Å². The smallest absolute Gasteiger partial charge is 0.130 e. The van der Waals surface area contributed by atoms with E-state index in [1.165, 1.54) is 0 Å². The maximum atomic E-state index is 5.58. The summed E-state index contributed by atoms with van der Waals surface area (Å²) in [4.78, 5) is 5.68. The number of nitrogens with zero attached hydrogens (tertiary/aromatic N) is 2. The molecule has 0 amide bonds. The van der Waals surface area contributed by atoms with Gasteiger partial charge < -0.3 is 0 Å². The van der Waals surface area contributed by atoms with Crippen molar-refractivity contribution in [2.45, 2.75) is 5.50 Å². The lowest BCUT2D eigenvalue weighted by molar-refractivity contribution is 0.395. The fraction of sp³-hybridized carbons (Fsp3) is 0.750. The highest BCUT2D eigenvalue weighted by Gasteiger charge is 2.12. The van der Waals surface area contributed by atoms with Crippen molar-refractivity contribution < 1.29 is 0 Å². The molecule has 0 fully saturated rings. The third kappa shape index (κ3) is 0.924. The summed E-state index contributed by atoms with van der Waals surface area (Å²) >= 11 is 5.58. The van der Waals surface area contributed by atoms with Crippen molar-refractivity contribution in [2.75, 3.05) is 13.7 Å². The van der Waals surface area contributed by atoms with E-state index in [4.69, 9.17) is 11.6 Å². The van der Waals surface area contributed by atoms with Gasteiger partial charge in [0.1, 0.15) is 5.50 Å². The molecule has 0 bridgehead atoms. The van der Waals surface area contributed by atoms with Crippen molar-refractivity contribution in [2.24, 2.45) is 4.99 Å². The molecule has 1 atom stereocenters. The molecule has 0 N–H and O–H groups in total. The van der Waals surface area contributed by atoms with Crippen LogP contribution < -0.4 is 0 Å². The Bertz CT molecular complexity index is 91.7. The van der Waals surface area contributed by atoms with Crippen molar-refractivity contribution in [1.82, 2.24) is 4.90 Å². The van der Waals surface area contributed by atoms with Crippen molar-refractivity contribution in [1.29, 1.82) is 0 Å². The van der Waals surface area contributed by atoms with Crippen LogP contribution in [0.4, 0.5) is 0 Å². The van der Waals surface area contributed by atoms with Gasteiger partial charge in [0, 0.05) is 0 Å².